The molecule has 2 aliphatic heterocycles. The lowest BCUT2D eigenvalue weighted by molar-refractivity contribution is -0.116. The van der Waals surface area contributed by atoms with Crippen LogP contribution in [-0.4, -0.2) is 25.2 Å². The van der Waals surface area contributed by atoms with Gasteiger partial charge in [-0.2, -0.15) is 5.10 Å². The zero-order valence-electron chi connectivity index (χ0n) is 12.2. The number of amides is 1. The van der Waals surface area contributed by atoms with Crippen molar-refractivity contribution in [2.75, 3.05) is 5.32 Å². The lowest BCUT2D eigenvalue weighted by atomic mass is 9.92. The highest BCUT2D eigenvalue weighted by Crippen LogP contribution is 2.38. The Kier molecular flexibility index (Phi) is 2.83. The van der Waals surface area contributed by atoms with Crippen molar-refractivity contribution in [3.05, 3.63) is 29.5 Å². The first-order valence-corrected chi connectivity index (χ1v) is 7.67. The van der Waals surface area contributed by atoms with Crippen LogP contribution in [0.25, 0.3) is 0 Å². The van der Waals surface area contributed by atoms with Gasteiger partial charge in [-0.3, -0.25) is 9.48 Å². The summed E-state index contributed by atoms with van der Waals surface area (Å²) in [6.07, 6.45) is 7.70. The number of imidazole rings is 1. The highest BCUT2D eigenvalue weighted by atomic mass is 16.1. The van der Waals surface area contributed by atoms with Crippen LogP contribution in [-0.2, 0) is 24.3 Å². The molecule has 110 valence electrons. The summed E-state index contributed by atoms with van der Waals surface area (Å²) in [7, 11) is 0. The predicted molar refractivity (Wildman–Crippen MR) is 78.2 cm³/mol. The van der Waals surface area contributed by atoms with E-state index < -0.39 is 0 Å². The Hall–Kier alpha value is -2.11. The molecule has 1 amide bonds. The van der Waals surface area contributed by atoms with Crippen LogP contribution in [0.5, 0.6) is 0 Å². The van der Waals surface area contributed by atoms with Crippen molar-refractivity contribution >= 4 is 11.7 Å². The number of hydrogen-bond acceptors (Lipinski definition) is 3. The largest absolute Gasteiger partial charge is 0.314 e. The molecule has 0 radical (unpaired) electrons. The molecule has 0 saturated heterocycles. The third-order valence-corrected chi connectivity index (χ3v) is 4.46. The van der Waals surface area contributed by atoms with Gasteiger partial charge in [-0.1, -0.05) is 0 Å². The molecule has 0 aromatic carbocycles. The van der Waals surface area contributed by atoms with E-state index in [4.69, 9.17) is 4.98 Å². The highest BCUT2D eigenvalue weighted by Gasteiger charge is 2.33. The minimum atomic E-state index is 0.0344. The minimum absolute atomic E-state index is 0.0344. The van der Waals surface area contributed by atoms with Gasteiger partial charge in [0.2, 0.25) is 5.91 Å². The Morgan fingerprint density at radius 2 is 2.33 bits per heavy atom. The normalized spacial score (nSPS) is 20.8. The molecule has 1 unspecified atom stereocenters. The first kappa shape index (κ1) is 12.6. The molecule has 0 bridgehead atoms. The number of aromatic nitrogens is 4. The Balaban J connectivity index is 1.80. The maximum absolute atomic E-state index is 12.1. The molecule has 0 fully saturated rings. The van der Waals surface area contributed by atoms with E-state index >= 15 is 0 Å². The van der Waals surface area contributed by atoms with Gasteiger partial charge in [0.1, 0.15) is 11.6 Å². The second-order valence-corrected chi connectivity index (χ2v) is 5.80. The van der Waals surface area contributed by atoms with Gasteiger partial charge in [-0.25, -0.2) is 4.98 Å². The lowest BCUT2D eigenvalue weighted by Crippen LogP contribution is -2.25. The fourth-order valence-corrected chi connectivity index (χ4v) is 3.35. The van der Waals surface area contributed by atoms with Gasteiger partial charge in [-0.05, 0) is 25.3 Å². The molecule has 4 rings (SSSR count). The van der Waals surface area contributed by atoms with Crippen molar-refractivity contribution in [2.45, 2.75) is 51.6 Å². The molecule has 2 aromatic heterocycles. The summed E-state index contributed by atoms with van der Waals surface area (Å²) in [4.78, 5) is 16.9. The molecular formula is C15H19N5O. The molecule has 21 heavy (non-hydrogen) atoms. The number of carbonyl (C=O) groups excluding carboxylic acids is 1. The minimum Gasteiger partial charge on any atom is -0.314 e. The van der Waals surface area contributed by atoms with Crippen LogP contribution in [0.15, 0.2) is 12.4 Å². The van der Waals surface area contributed by atoms with Crippen LogP contribution in [0.3, 0.4) is 0 Å². The molecule has 1 atom stereocenters. The van der Waals surface area contributed by atoms with Crippen LogP contribution in [0.1, 0.15) is 49.2 Å². The van der Waals surface area contributed by atoms with Gasteiger partial charge in [0.15, 0.2) is 0 Å². The fraction of sp³-hybridized carbons (Fsp3) is 0.533. The standard InChI is InChI=1S/C15H19N5O/c1-2-19-9-10(8-16-19)11-7-13(21)18-15-14(11)17-12-5-3-4-6-20(12)15/h8-9,11H,2-7H2,1H3,(H,18,21). The first-order chi connectivity index (χ1) is 10.3. The Labute approximate surface area is 123 Å². The predicted octanol–water partition coefficient (Wildman–Crippen LogP) is 1.91. The van der Waals surface area contributed by atoms with Crippen LogP contribution < -0.4 is 5.32 Å². The topological polar surface area (TPSA) is 64.7 Å². The van der Waals surface area contributed by atoms with E-state index in [0.717, 1.165) is 48.8 Å². The van der Waals surface area contributed by atoms with Crippen molar-refractivity contribution in [3.63, 3.8) is 0 Å². The average Bonchev–Trinajstić information content (AvgIpc) is 3.11. The Morgan fingerprint density at radius 1 is 1.43 bits per heavy atom. The third-order valence-electron chi connectivity index (χ3n) is 4.46. The molecule has 6 nitrogen and oxygen atoms in total. The third kappa shape index (κ3) is 1.97. The van der Waals surface area contributed by atoms with Crippen molar-refractivity contribution in [2.24, 2.45) is 0 Å². The number of nitrogens with one attached hydrogen (secondary N) is 1. The SMILES string of the molecule is CCn1cc(C2CC(=O)Nc3c2nc2n3CCCC2)cn1. The first-order valence-electron chi connectivity index (χ1n) is 7.67. The molecule has 0 aliphatic carbocycles. The average molecular weight is 285 g/mol. The summed E-state index contributed by atoms with van der Waals surface area (Å²) in [6.45, 7) is 3.86. The summed E-state index contributed by atoms with van der Waals surface area (Å²) in [5.41, 5.74) is 2.10. The monoisotopic (exact) mass is 285 g/mol. The summed E-state index contributed by atoms with van der Waals surface area (Å²) in [6, 6.07) is 0. The molecule has 0 spiro atoms. The summed E-state index contributed by atoms with van der Waals surface area (Å²) in [5, 5.41) is 7.36. The highest BCUT2D eigenvalue weighted by molar-refractivity contribution is 5.94. The van der Waals surface area contributed by atoms with Crippen molar-refractivity contribution in [1.29, 1.82) is 0 Å². The van der Waals surface area contributed by atoms with E-state index in [0.29, 0.717) is 6.42 Å². The van der Waals surface area contributed by atoms with Gasteiger partial charge in [0, 0.05) is 38.0 Å². The number of anilines is 1. The molecule has 0 saturated carbocycles. The molecule has 2 aliphatic rings. The fourth-order valence-electron chi connectivity index (χ4n) is 3.35. The van der Waals surface area contributed by atoms with Crippen molar-refractivity contribution < 1.29 is 4.79 Å². The van der Waals surface area contributed by atoms with Crippen LogP contribution in [0, 0.1) is 0 Å². The van der Waals surface area contributed by atoms with E-state index in [2.05, 4.69) is 21.9 Å². The van der Waals surface area contributed by atoms with Gasteiger partial charge in [0.05, 0.1) is 11.9 Å². The van der Waals surface area contributed by atoms with E-state index in [9.17, 15) is 4.79 Å². The molecule has 1 N–H and O–H groups in total. The van der Waals surface area contributed by atoms with Crippen LogP contribution in [0.4, 0.5) is 5.82 Å². The molecule has 2 aromatic rings. The molecule has 4 heterocycles. The second-order valence-electron chi connectivity index (χ2n) is 5.80. The van der Waals surface area contributed by atoms with Crippen LogP contribution in [0.2, 0.25) is 0 Å². The molecule has 6 heteroatoms. The smallest absolute Gasteiger partial charge is 0.226 e. The number of nitrogens with zero attached hydrogens (tertiary/aromatic N) is 4. The number of fused-ring (bicyclic) bond motifs is 3. The summed E-state index contributed by atoms with van der Waals surface area (Å²) >= 11 is 0. The molecular weight excluding hydrogens is 266 g/mol. The maximum Gasteiger partial charge on any atom is 0.226 e. The van der Waals surface area contributed by atoms with Crippen molar-refractivity contribution in [3.8, 4) is 0 Å². The van der Waals surface area contributed by atoms with E-state index in [1.165, 1.54) is 6.42 Å². The number of carbonyl (C=O) groups is 1. The number of hydrogen-bond donors (Lipinski definition) is 1. The van der Waals surface area contributed by atoms with Gasteiger partial charge in [0.25, 0.3) is 0 Å². The zero-order valence-corrected chi connectivity index (χ0v) is 12.2. The van der Waals surface area contributed by atoms with E-state index in [1.807, 2.05) is 17.1 Å². The Morgan fingerprint density at radius 3 is 3.14 bits per heavy atom. The maximum atomic E-state index is 12.1. The van der Waals surface area contributed by atoms with E-state index in [1.54, 1.807) is 0 Å². The number of aryl methyl sites for hydroxylation is 2. The summed E-state index contributed by atoms with van der Waals surface area (Å²) < 4.78 is 4.09. The zero-order chi connectivity index (χ0) is 14.4. The summed E-state index contributed by atoms with van der Waals surface area (Å²) in [5.74, 6) is 2.13. The Bertz CT molecular complexity index is 699. The van der Waals surface area contributed by atoms with Gasteiger partial charge in [-0.15, -0.1) is 0 Å². The van der Waals surface area contributed by atoms with Gasteiger partial charge >= 0.3 is 0 Å². The number of rotatable bonds is 2. The van der Waals surface area contributed by atoms with Crippen molar-refractivity contribution in [1.82, 2.24) is 19.3 Å². The van der Waals surface area contributed by atoms with Gasteiger partial charge < -0.3 is 9.88 Å². The quantitative estimate of drug-likeness (QED) is 0.916. The van der Waals surface area contributed by atoms with E-state index in [-0.39, 0.29) is 11.8 Å². The lowest BCUT2D eigenvalue weighted by Gasteiger charge is -2.23. The van der Waals surface area contributed by atoms with Crippen LogP contribution >= 0.6 is 0 Å². The second kappa shape index (κ2) is 4.72.